The highest BCUT2D eigenvalue weighted by atomic mass is 19.4. The zero-order valence-electron chi connectivity index (χ0n) is 10.1. The van der Waals surface area contributed by atoms with E-state index in [0.29, 0.717) is 12.8 Å². The topological polar surface area (TPSA) is 49.9 Å². The van der Waals surface area contributed by atoms with Crippen LogP contribution in [0.1, 0.15) is 24.1 Å². The van der Waals surface area contributed by atoms with Gasteiger partial charge in [-0.15, -0.1) is 0 Å². The SMILES string of the molecule is COC1(Cc2cn[nH]c2C(F)(F)F)CCNCC1. The second kappa shape index (κ2) is 4.89. The van der Waals surface area contributed by atoms with Gasteiger partial charge in [-0.2, -0.15) is 18.3 Å². The molecule has 1 aliphatic heterocycles. The van der Waals surface area contributed by atoms with Crippen molar-refractivity contribution >= 4 is 0 Å². The molecule has 0 amide bonds. The Balaban J connectivity index is 2.20. The molecule has 0 radical (unpaired) electrons. The molecule has 1 aliphatic rings. The molecule has 0 bridgehead atoms. The third-order valence-electron chi connectivity index (χ3n) is 3.46. The number of methoxy groups -OCH3 is 1. The molecule has 2 heterocycles. The number of rotatable bonds is 3. The largest absolute Gasteiger partial charge is 0.433 e. The predicted molar refractivity (Wildman–Crippen MR) is 59.1 cm³/mol. The van der Waals surface area contributed by atoms with Gasteiger partial charge in [-0.1, -0.05) is 0 Å². The first-order chi connectivity index (χ1) is 8.47. The predicted octanol–water partition coefficient (Wildman–Crippen LogP) is 1.74. The van der Waals surface area contributed by atoms with E-state index in [2.05, 4.69) is 10.4 Å². The molecule has 1 aromatic rings. The molecule has 2 N–H and O–H groups in total. The van der Waals surface area contributed by atoms with Crippen molar-refractivity contribution in [3.63, 3.8) is 0 Å². The maximum absolute atomic E-state index is 12.7. The number of hydrogen-bond donors (Lipinski definition) is 2. The molecule has 1 saturated heterocycles. The number of alkyl halides is 3. The summed E-state index contributed by atoms with van der Waals surface area (Å²) in [6.45, 7) is 1.51. The molecule has 2 rings (SSSR count). The Morgan fingerprint density at radius 1 is 1.39 bits per heavy atom. The highest BCUT2D eigenvalue weighted by Gasteiger charge is 2.39. The average Bonchev–Trinajstić information content (AvgIpc) is 2.78. The summed E-state index contributed by atoms with van der Waals surface area (Å²) >= 11 is 0. The van der Waals surface area contributed by atoms with Gasteiger partial charge in [0, 0.05) is 19.1 Å². The van der Waals surface area contributed by atoms with Crippen LogP contribution in [0.4, 0.5) is 13.2 Å². The van der Waals surface area contributed by atoms with Gasteiger partial charge in [0.25, 0.3) is 0 Å². The highest BCUT2D eigenvalue weighted by molar-refractivity contribution is 5.22. The standard InChI is InChI=1S/C11H16F3N3O/c1-18-10(2-4-15-5-3-10)6-8-7-16-17-9(8)11(12,13)14/h7,15H,2-6H2,1H3,(H,16,17). The molecule has 0 aromatic carbocycles. The van der Waals surface area contributed by atoms with Gasteiger partial charge in [-0.3, -0.25) is 5.10 Å². The highest BCUT2D eigenvalue weighted by Crippen LogP contribution is 2.34. The summed E-state index contributed by atoms with van der Waals surface area (Å²) in [5, 5.41) is 8.71. The Morgan fingerprint density at radius 3 is 2.61 bits per heavy atom. The van der Waals surface area contributed by atoms with Crippen molar-refractivity contribution in [2.75, 3.05) is 20.2 Å². The first-order valence-electron chi connectivity index (χ1n) is 5.82. The van der Waals surface area contributed by atoms with Crippen molar-refractivity contribution < 1.29 is 17.9 Å². The van der Waals surface area contributed by atoms with Gasteiger partial charge in [0.2, 0.25) is 0 Å². The third-order valence-corrected chi connectivity index (χ3v) is 3.46. The smallest absolute Gasteiger partial charge is 0.378 e. The molecule has 102 valence electrons. The van der Waals surface area contributed by atoms with Crippen LogP contribution in [0, 0.1) is 0 Å². The summed E-state index contributed by atoms with van der Waals surface area (Å²) < 4.78 is 43.7. The van der Waals surface area contributed by atoms with Crippen LogP contribution < -0.4 is 5.32 Å². The molecule has 0 saturated carbocycles. The Hall–Kier alpha value is -1.08. The van der Waals surface area contributed by atoms with Crippen LogP contribution in [0.15, 0.2) is 6.20 Å². The monoisotopic (exact) mass is 263 g/mol. The van der Waals surface area contributed by atoms with Crippen LogP contribution in [-0.4, -0.2) is 36.0 Å². The molecule has 18 heavy (non-hydrogen) atoms. The van der Waals surface area contributed by atoms with E-state index in [1.807, 2.05) is 5.10 Å². The quantitative estimate of drug-likeness (QED) is 0.873. The zero-order valence-corrected chi connectivity index (χ0v) is 10.1. The van der Waals surface area contributed by atoms with Gasteiger partial charge in [0.1, 0.15) is 5.69 Å². The van der Waals surface area contributed by atoms with Gasteiger partial charge in [0.05, 0.1) is 11.8 Å². The lowest BCUT2D eigenvalue weighted by Crippen LogP contribution is -2.45. The van der Waals surface area contributed by atoms with Crippen molar-refractivity contribution in [2.45, 2.75) is 31.0 Å². The maximum atomic E-state index is 12.7. The number of nitrogens with one attached hydrogen (secondary N) is 2. The van der Waals surface area contributed by atoms with Crippen molar-refractivity contribution in [1.82, 2.24) is 15.5 Å². The number of nitrogens with zero attached hydrogens (tertiary/aromatic N) is 1. The number of ether oxygens (including phenoxy) is 1. The van der Waals surface area contributed by atoms with Crippen molar-refractivity contribution in [2.24, 2.45) is 0 Å². The number of piperidine rings is 1. The van der Waals surface area contributed by atoms with Gasteiger partial charge in [0.15, 0.2) is 0 Å². The Morgan fingerprint density at radius 2 is 2.06 bits per heavy atom. The summed E-state index contributed by atoms with van der Waals surface area (Å²) in [6.07, 6.45) is -1.52. The number of aromatic nitrogens is 2. The van der Waals surface area contributed by atoms with E-state index < -0.39 is 17.5 Å². The molecule has 1 aromatic heterocycles. The fourth-order valence-electron chi connectivity index (χ4n) is 2.37. The van der Waals surface area contributed by atoms with Gasteiger partial charge >= 0.3 is 6.18 Å². The van der Waals surface area contributed by atoms with E-state index in [4.69, 9.17) is 4.74 Å². The molecule has 0 unspecified atom stereocenters. The average molecular weight is 263 g/mol. The minimum absolute atomic E-state index is 0.172. The fourth-order valence-corrected chi connectivity index (χ4v) is 2.37. The Kier molecular flexibility index (Phi) is 3.63. The van der Waals surface area contributed by atoms with Gasteiger partial charge < -0.3 is 10.1 Å². The van der Waals surface area contributed by atoms with Crippen LogP contribution in [0.2, 0.25) is 0 Å². The first-order valence-corrected chi connectivity index (χ1v) is 5.82. The lowest BCUT2D eigenvalue weighted by molar-refractivity contribution is -0.142. The molecule has 1 fully saturated rings. The van der Waals surface area contributed by atoms with E-state index in [1.54, 1.807) is 7.11 Å². The second-order valence-electron chi connectivity index (χ2n) is 4.58. The molecular formula is C11H16F3N3O. The second-order valence-corrected chi connectivity index (χ2v) is 4.58. The van der Waals surface area contributed by atoms with Crippen molar-refractivity contribution in [3.05, 3.63) is 17.5 Å². The van der Waals surface area contributed by atoms with Crippen molar-refractivity contribution in [1.29, 1.82) is 0 Å². The summed E-state index contributed by atoms with van der Waals surface area (Å²) in [4.78, 5) is 0. The number of hydrogen-bond acceptors (Lipinski definition) is 3. The zero-order chi connectivity index (χ0) is 13.2. The van der Waals surface area contributed by atoms with Crippen LogP contribution in [0.25, 0.3) is 0 Å². The Bertz CT molecular complexity index is 396. The van der Waals surface area contributed by atoms with Crippen LogP contribution in [-0.2, 0) is 17.3 Å². The fraction of sp³-hybridized carbons (Fsp3) is 0.727. The van der Waals surface area contributed by atoms with Gasteiger partial charge in [-0.25, -0.2) is 0 Å². The van der Waals surface area contributed by atoms with E-state index in [1.165, 1.54) is 6.20 Å². The summed E-state index contributed by atoms with van der Waals surface area (Å²) in [5.41, 5.74) is -1.11. The minimum atomic E-state index is -4.40. The van der Waals surface area contributed by atoms with E-state index in [9.17, 15) is 13.2 Å². The molecule has 7 heteroatoms. The number of H-pyrrole nitrogens is 1. The minimum Gasteiger partial charge on any atom is -0.378 e. The maximum Gasteiger partial charge on any atom is 0.433 e. The van der Waals surface area contributed by atoms with Crippen molar-refractivity contribution in [3.8, 4) is 0 Å². The van der Waals surface area contributed by atoms with E-state index in [0.717, 1.165) is 13.1 Å². The summed E-state index contributed by atoms with van der Waals surface area (Å²) in [7, 11) is 1.55. The normalized spacial score (nSPS) is 20.0. The molecule has 0 atom stereocenters. The van der Waals surface area contributed by atoms with E-state index in [-0.39, 0.29) is 12.0 Å². The lowest BCUT2D eigenvalue weighted by Gasteiger charge is -2.36. The van der Waals surface area contributed by atoms with E-state index >= 15 is 0 Å². The van der Waals surface area contributed by atoms with Crippen LogP contribution in [0.3, 0.4) is 0 Å². The van der Waals surface area contributed by atoms with Crippen LogP contribution in [0.5, 0.6) is 0 Å². The molecule has 0 aliphatic carbocycles. The Labute approximate surface area is 103 Å². The lowest BCUT2D eigenvalue weighted by atomic mass is 9.86. The van der Waals surface area contributed by atoms with Gasteiger partial charge in [-0.05, 0) is 25.9 Å². The summed E-state index contributed by atoms with van der Waals surface area (Å²) in [6, 6.07) is 0. The first kappa shape index (κ1) is 13.4. The molecular weight excluding hydrogens is 247 g/mol. The number of halogens is 3. The van der Waals surface area contributed by atoms with Crippen LogP contribution >= 0.6 is 0 Å². The molecule has 0 spiro atoms. The third kappa shape index (κ3) is 2.67. The number of aromatic amines is 1. The molecule has 4 nitrogen and oxygen atoms in total. The summed E-state index contributed by atoms with van der Waals surface area (Å²) in [5.74, 6) is 0.